The zero-order valence-corrected chi connectivity index (χ0v) is 13.0. The molecule has 0 saturated carbocycles. The highest BCUT2D eigenvalue weighted by Gasteiger charge is 2.17. The second-order valence-corrected chi connectivity index (χ2v) is 4.90. The Balaban J connectivity index is 2.79. The topological polar surface area (TPSA) is 61.9 Å². The van der Waals surface area contributed by atoms with E-state index in [-0.39, 0.29) is 18.4 Å². The number of nitrogens with one attached hydrogen (secondary N) is 1. The summed E-state index contributed by atoms with van der Waals surface area (Å²) in [6.07, 6.45) is 0. The maximum Gasteiger partial charge on any atom is 0.259 e. The summed E-state index contributed by atoms with van der Waals surface area (Å²) in [6, 6.07) is 6.95. The Labute approximate surface area is 125 Å². The maximum atomic E-state index is 12.4. The molecule has 0 fully saturated rings. The number of rotatable bonds is 7. The van der Waals surface area contributed by atoms with E-state index >= 15 is 0 Å². The van der Waals surface area contributed by atoms with Crippen LogP contribution in [0.25, 0.3) is 0 Å². The second kappa shape index (κ2) is 8.26. The summed E-state index contributed by atoms with van der Waals surface area (Å²) < 4.78 is 5.48. The first kappa shape index (κ1) is 17.0. The van der Waals surface area contributed by atoms with Crippen molar-refractivity contribution in [3.8, 4) is 5.75 Å². The molecule has 1 N–H and O–H groups in total. The van der Waals surface area contributed by atoms with Crippen LogP contribution in [0.5, 0.6) is 5.75 Å². The number of para-hydroxylation sites is 1. The van der Waals surface area contributed by atoms with Gasteiger partial charge in [-0.1, -0.05) is 12.1 Å². The van der Waals surface area contributed by atoms with E-state index in [1.807, 2.05) is 7.05 Å². The lowest BCUT2D eigenvalue weighted by molar-refractivity contribution is -0.130. The van der Waals surface area contributed by atoms with E-state index in [1.54, 1.807) is 50.3 Å². The zero-order valence-electron chi connectivity index (χ0n) is 13.0. The van der Waals surface area contributed by atoms with Gasteiger partial charge in [0, 0.05) is 34.2 Å². The fourth-order valence-corrected chi connectivity index (χ4v) is 1.62. The number of hydrogen-bond donors (Lipinski definition) is 1. The Kier molecular flexibility index (Phi) is 6.68. The summed E-state index contributed by atoms with van der Waals surface area (Å²) in [4.78, 5) is 27.0. The monoisotopic (exact) mass is 293 g/mol. The highest BCUT2D eigenvalue weighted by molar-refractivity contribution is 5.96. The van der Waals surface area contributed by atoms with E-state index < -0.39 is 0 Å². The number of carbonyl (C=O) groups excluding carboxylic acids is 2. The van der Waals surface area contributed by atoms with E-state index in [0.29, 0.717) is 24.4 Å². The number of ether oxygens (including phenoxy) is 1. The van der Waals surface area contributed by atoms with E-state index in [0.717, 1.165) is 0 Å². The third-order valence-corrected chi connectivity index (χ3v) is 3.01. The zero-order chi connectivity index (χ0) is 15.8. The molecular formula is C15H23N3O3. The first-order chi connectivity index (χ1) is 9.97. The summed E-state index contributed by atoms with van der Waals surface area (Å²) in [5.74, 6) is 0.146. The molecule has 2 amide bonds. The molecule has 1 aromatic carbocycles. The molecule has 0 unspecified atom stereocenters. The summed E-state index contributed by atoms with van der Waals surface area (Å²) in [6.45, 7) is 1.22. The lowest BCUT2D eigenvalue weighted by Crippen LogP contribution is -2.33. The Bertz CT molecular complexity index is 489. The lowest BCUT2D eigenvalue weighted by atomic mass is 10.1. The van der Waals surface area contributed by atoms with Gasteiger partial charge in [-0.15, -0.1) is 0 Å². The van der Waals surface area contributed by atoms with Crippen LogP contribution in [0.1, 0.15) is 10.4 Å². The molecule has 0 radical (unpaired) electrons. The van der Waals surface area contributed by atoms with Crippen LogP contribution >= 0.6 is 0 Å². The van der Waals surface area contributed by atoms with Gasteiger partial charge in [-0.25, -0.2) is 0 Å². The summed E-state index contributed by atoms with van der Waals surface area (Å²) in [5, 5.41) is 3.00. The average Bonchev–Trinajstić information content (AvgIpc) is 2.49. The molecule has 0 aliphatic carbocycles. The molecule has 1 rings (SSSR count). The van der Waals surface area contributed by atoms with Gasteiger partial charge in [-0.2, -0.15) is 0 Å². The summed E-state index contributed by atoms with van der Waals surface area (Å²) >= 11 is 0. The quantitative estimate of drug-likeness (QED) is 0.793. The van der Waals surface area contributed by atoms with Crippen molar-refractivity contribution in [1.29, 1.82) is 0 Å². The fourth-order valence-electron chi connectivity index (χ4n) is 1.62. The van der Waals surface area contributed by atoms with Crippen molar-refractivity contribution in [2.75, 3.05) is 47.9 Å². The number of hydrogen-bond acceptors (Lipinski definition) is 4. The van der Waals surface area contributed by atoms with Crippen molar-refractivity contribution in [3.05, 3.63) is 29.8 Å². The van der Waals surface area contributed by atoms with Gasteiger partial charge >= 0.3 is 0 Å². The van der Waals surface area contributed by atoms with Gasteiger partial charge in [-0.05, 0) is 19.2 Å². The van der Waals surface area contributed by atoms with Crippen molar-refractivity contribution in [2.24, 2.45) is 0 Å². The van der Waals surface area contributed by atoms with Crippen LogP contribution in [0.2, 0.25) is 0 Å². The molecular weight excluding hydrogens is 270 g/mol. The van der Waals surface area contributed by atoms with Gasteiger partial charge in [0.05, 0.1) is 5.56 Å². The molecule has 116 valence electrons. The van der Waals surface area contributed by atoms with Gasteiger partial charge < -0.3 is 19.9 Å². The minimum absolute atomic E-state index is 0.0858. The molecule has 6 heteroatoms. The highest BCUT2D eigenvalue weighted by atomic mass is 16.5. The normalized spacial score (nSPS) is 10.1. The Morgan fingerprint density at radius 1 is 1.19 bits per heavy atom. The van der Waals surface area contributed by atoms with Crippen LogP contribution in [0.15, 0.2) is 24.3 Å². The molecule has 0 aliphatic heterocycles. The van der Waals surface area contributed by atoms with Crippen LogP contribution in [-0.4, -0.2) is 69.5 Å². The molecule has 0 bridgehead atoms. The Morgan fingerprint density at radius 2 is 1.86 bits per heavy atom. The van der Waals surface area contributed by atoms with Crippen LogP contribution in [0.4, 0.5) is 0 Å². The van der Waals surface area contributed by atoms with Gasteiger partial charge in [-0.3, -0.25) is 9.59 Å². The van der Waals surface area contributed by atoms with Gasteiger partial charge in [0.1, 0.15) is 5.75 Å². The first-order valence-electron chi connectivity index (χ1n) is 6.79. The van der Waals surface area contributed by atoms with Gasteiger partial charge in [0.2, 0.25) is 0 Å². The summed E-state index contributed by atoms with van der Waals surface area (Å²) in [7, 11) is 6.90. The highest BCUT2D eigenvalue weighted by Crippen LogP contribution is 2.19. The molecule has 6 nitrogen and oxygen atoms in total. The number of likely N-dealkylation sites (N-methyl/N-ethyl adjacent to an activating group) is 3. The van der Waals surface area contributed by atoms with Crippen molar-refractivity contribution in [2.45, 2.75) is 0 Å². The second-order valence-electron chi connectivity index (χ2n) is 4.90. The van der Waals surface area contributed by atoms with E-state index in [9.17, 15) is 9.59 Å². The molecule has 0 aromatic heterocycles. The fraction of sp³-hybridized carbons (Fsp3) is 0.467. The van der Waals surface area contributed by atoms with Crippen LogP contribution < -0.4 is 10.1 Å². The predicted octanol–water partition coefficient (Wildman–Crippen LogP) is 0.445. The Morgan fingerprint density at radius 3 is 2.48 bits per heavy atom. The van der Waals surface area contributed by atoms with Gasteiger partial charge in [0.25, 0.3) is 11.8 Å². The molecule has 0 heterocycles. The third-order valence-electron chi connectivity index (χ3n) is 3.01. The van der Waals surface area contributed by atoms with Gasteiger partial charge in [0.15, 0.2) is 6.61 Å². The average molecular weight is 293 g/mol. The minimum Gasteiger partial charge on any atom is -0.483 e. The number of carbonyl (C=O) groups is 2. The smallest absolute Gasteiger partial charge is 0.259 e. The minimum atomic E-state index is -0.152. The first-order valence-corrected chi connectivity index (χ1v) is 6.79. The predicted molar refractivity (Wildman–Crippen MR) is 81.5 cm³/mol. The van der Waals surface area contributed by atoms with Crippen molar-refractivity contribution in [3.63, 3.8) is 0 Å². The number of nitrogens with zero attached hydrogens (tertiary/aromatic N) is 2. The number of benzene rings is 1. The van der Waals surface area contributed by atoms with E-state index in [2.05, 4.69) is 5.32 Å². The molecule has 1 aromatic rings. The SMILES string of the molecule is CNCCN(C)C(=O)c1ccccc1OCC(=O)N(C)C. The van der Waals surface area contributed by atoms with Crippen molar-refractivity contribution < 1.29 is 14.3 Å². The summed E-state index contributed by atoms with van der Waals surface area (Å²) in [5.41, 5.74) is 0.461. The molecule has 0 atom stereocenters. The number of amides is 2. The van der Waals surface area contributed by atoms with Crippen molar-refractivity contribution >= 4 is 11.8 Å². The van der Waals surface area contributed by atoms with Crippen LogP contribution in [-0.2, 0) is 4.79 Å². The third kappa shape index (κ3) is 5.07. The van der Waals surface area contributed by atoms with E-state index in [1.165, 1.54) is 4.90 Å². The lowest BCUT2D eigenvalue weighted by Gasteiger charge is -2.19. The molecule has 0 saturated heterocycles. The van der Waals surface area contributed by atoms with E-state index in [4.69, 9.17) is 4.74 Å². The van der Waals surface area contributed by atoms with Crippen LogP contribution in [0, 0.1) is 0 Å². The van der Waals surface area contributed by atoms with Crippen molar-refractivity contribution in [1.82, 2.24) is 15.1 Å². The molecule has 21 heavy (non-hydrogen) atoms. The Hall–Kier alpha value is -2.08. The standard InChI is InChI=1S/C15H23N3O3/c1-16-9-10-18(4)15(20)12-7-5-6-8-13(12)21-11-14(19)17(2)3/h5-8,16H,9-11H2,1-4H3. The molecule has 0 spiro atoms. The maximum absolute atomic E-state index is 12.4. The molecule has 0 aliphatic rings. The van der Waals surface area contributed by atoms with Crippen LogP contribution in [0.3, 0.4) is 0 Å². The largest absolute Gasteiger partial charge is 0.483 e.